The summed E-state index contributed by atoms with van der Waals surface area (Å²) in [4.78, 5) is 41.3. The van der Waals surface area contributed by atoms with Gasteiger partial charge in [0.15, 0.2) is 5.78 Å². The Balaban J connectivity index is 1.59. The molecule has 6 nitrogen and oxygen atoms in total. The summed E-state index contributed by atoms with van der Waals surface area (Å²) in [5.74, 6) is -3.63. The highest BCUT2D eigenvalue weighted by Crippen LogP contribution is 2.47. The van der Waals surface area contributed by atoms with Crippen molar-refractivity contribution >= 4 is 52.7 Å². The third kappa shape index (κ3) is 2.99. The van der Waals surface area contributed by atoms with E-state index in [0.29, 0.717) is 5.02 Å². The van der Waals surface area contributed by atoms with E-state index < -0.39 is 47.3 Å². The van der Waals surface area contributed by atoms with E-state index in [1.807, 2.05) is 0 Å². The van der Waals surface area contributed by atoms with Crippen LogP contribution in [-0.2, 0) is 9.59 Å². The molecule has 4 unspecified atom stereocenters. The molecule has 0 saturated carbocycles. The molecule has 0 aliphatic carbocycles. The number of hydrogen-bond donors (Lipinski definition) is 0. The van der Waals surface area contributed by atoms with Gasteiger partial charge in [0.05, 0.1) is 28.6 Å². The van der Waals surface area contributed by atoms with Crippen LogP contribution in [0.3, 0.4) is 0 Å². The van der Waals surface area contributed by atoms with E-state index in [9.17, 15) is 18.8 Å². The second-order valence-electron chi connectivity index (χ2n) is 7.50. The minimum atomic E-state index is -1.01. The molecule has 0 radical (unpaired) electrons. The summed E-state index contributed by atoms with van der Waals surface area (Å²) in [6.07, 6.45) is 4.94. The largest absolute Gasteiger partial charge is 0.292 e. The van der Waals surface area contributed by atoms with Gasteiger partial charge in [-0.1, -0.05) is 29.3 Å². The average Bonchev–Trinajstić information content (AvgIpc) is 3.22. The molecule has 9 heteroatoms. The highest BCUT2D eigenvalue weighted by Gasteiger charge is 2.64. The first-order valence-corrected chi connectivity index (χ1v) is 10.3. The van der Waals surface area contributed by atoms with Gasteiger partial charge in [-0.25, -0.2) is 9.29 Å². The smallest absolute Gasteiger partial charge is 0.240 e. The minimum Gasteiger partial charge on any atom is -0.292 e. The molecule has 2 amide bonds. The van der Waals surface area contributed by atoms with E-state index in [4.69, 9.17) is 23.2 Å². The molecule has 0 aromatic heterocycles. The van der Waals surface area contributed by atoms with Gasteiger partial charge in [0.1, 0.15) is 11.9 Å². The lowest BCUT2D eigenvalue weighted by atomic mass is 9.86. The number of Topliss-reactive ketones (excluding diaryl/α,β-unsaturated/α-hetero) is 1. The van der Waals surface area contributed by atoms with Gasteiger partial charge in [-0.3, -0.25) is 19.4 Å². The predicted molar refractivity (Wildman–Crippen MR) is 114 cm³/mol. The van der Waals surface area contributed by atoms with Crippen molar-refractivity contribution in [3.05, 3.63) is 76.0 Å². The third-order valence-electron chi connectivity index (χ3n) is 5.84. The third-order valence-corrected chi connectivity index (χ3v) is 6.38. The number of hydrogen-bond acceptors (Lipinski definition) is 5. The van der Waals surface area contributed by atoms with Gasteiger partial charge in [-0.05, 0) is 48.5 Å². The number of benzene rings is 2. The van der Waals surface area contributed by atoms with Crippen LogP contribution in [0, 0.1) is 17.7 Å². The van der Waals surface area contributed by atoms with Crippen molar-refractivity contribution in [3.63, 3.8) is 0 Å². The van der Waals surface area contributed by atoms with Crippen LogP contribution in [0.2, 0.25) is 10.0 Å². The number of rotatable bonds is 3. The molecule has 2 aromatic rings. The van der Waals surface area contributed by atoms with Crippen LogP contribution in [0.15, 0.2) is 59.7 Å². The van der Waals surface area contributed by atoms with Crippen molar-refractivity contribution in [2.24, 2.45) is 16.9 Å². The summed E-state index contributed by atoms with van der Waals surface area (Å²) < 4.78 is 13.3. The van der Waals surface area contributed by atoms with Crippen LogP contribution in [0.25, 0.3) is 0 Å². The Morgan fingerprint density at radius 2 is 1.71 bits per heavy atom. The topological polar surface area (TPSA) is 70.0 Å². The van der Waals surface area contributed by atoms with Crippen LogP contribution >= 0.6 is 23.2 Å². The van der Waals surface area contributed by atoms with Gasteiger partial charge in [-0.2, -0.15) is 5.10 Å². The molecule has 0 bridgehead atoms. The Morgan fingerprint density at radius 1 is 1.00 bits per heavy atom. The molecule has 31 heavy (non-hydrogen) atoms. The summed E-state index contributed by atoms with van der Waals surface area (Å²) >= 11 is 12.2. The molecule has 0 spiro atoms. The zero-order chi connectivity index (χ0) is 21.9. The molecule has 5 rings (SSSR count). The lowest BCUT2D eigenvalue weighted by Gasteiger charge is -2.30. The second kappa shape index (κ2) is 7.28. The first-order chi connectivity index (χ1) is 14.9. The van der Waals surface area contributed by atoms with E-state index in [0.717, 1.165) is 4.90 Å². The maximum absolute atomic E-state index is 13.5. The van der Waals surface area contributed by atoms with E-state index in [2.05, 4.69) is 5.10 Å². The first kappa shape index (κ1) is 19.9. The van der Waals surface area contributed by atoms with Crippen molar-refractivity contribution in [1.29, 1.82) is 0 Å². The van der Waals surface area contributed by atoms with Crippen molar-refractivity contribution in [3.8, 4) is 0 Å². The molecule has 2 aromatic carbocycles. The monoisotopic (exact) mass is 457 g/mol. The highest BCUT2D eigenvalue weighted by atomic mass is 35.5. The molecule has 3 heterocycles. The number of nitrogens with zero attached hydrogens (tertiary/aromatic N) is 3. The van der Waals surface area contributed by atoms with Gasteiger partial charge in [0, 0.05) is 16.8 Å². The average molecular weight is 458 g/mol. The lowest BCUT2D eigenvalue weighted by molar-refractivity contribution is -0.123. The Hall–Kier alpha value is -3.03. The quantitative estimate of drug-likeness (QED) is 0.520. The molecular formula is C22H14Cl2FN3O3. The number of amides is 2. The number of halogens is 3. The molecule has 2 fully saturated rings. The lowest BCUT2D eigenvalue weighted by Crippen LogP contribution is -2.46. The highest BCUT2D eigenvalue weighted by molar-refractivity contribution is 6.38. The molecule has 0 N–H and O–H groups in total. The van der Waals surface area contributed by atoms with Crippen LogP contribution in [0.4, 0.5) is 10.1 Å². The van der Waals surface area contributed by atoms with Crippen LogP contribution < -0.4 is 4.90 Å². The Morgan fingerprint density at radius 3 is 2.42 bits per heavy atom. The van der Waals surface area contributed by atoms with E-state index in [-0.39, 0.29) is 16.3 Å². The fourth-order valence-corrected chi connectivity index (χ4v) is 5.02. The normalized spacial score (nSPS) is 26.4. The number of imide groups is 1. The number of carbonyl (C=O) groups excluding carboxylic acids is 3. The molecule has 4 atom stereocenters. The van der Waals surface area contributed by atoms with E-state index in [1.54, 1.807) is 12.2 Å². The number of ketones is 1. The summed E-state index contributed by atoms with van der Waals surface area (Å²) in [5.41, 5.74) is 0.456. The molecule has 156 valence electrons. The van der Waals surface area contributed by atoms with Gasteiger partial charge < -0.3 is 0 Å². The van der Waals surface area contributed by atoms with Crippen LogP contribution in [0.5, 0.6) is 0 Å². The maximum atomic E-state index is 13.5. The molecule has 3 aliphatic rings. The van der Waals surface area contributed by atoms with Gasteiger partial charge in [0.2, 0.25) is 11.8 Å². The Bertz CT molecular complexity index is 1180. The van der Waals surface area contributed by atoms with Crippen LogP contribution in [0.1, 0.15) is 10.4 Å². The Kier molecular flexibility index (Phi) is 4.68. The van der Waals surface area contributed by atoms with Crippen molar-refractivity contribution < 1.29 is 18.8 Å². The molecular weight excluding hydrogens is 444 g/mol. The van der Waals surface area contributed by atoms with Gasteiger partial charge in [-0.15, -0.1) is 0 Å². The number of anilines is 1. The van der Waals surface area contributed by atoms with Gasteiger partial charge in [0.25, 0.3) is 0 Å². The number of carbonyl (C=O) groups is 3. The predicted octanol–water partition coefficient (Wildman–Crippen LogP) is 3.73. The van der Waals surface area contributed by atoms with E-state index >= 15 is 0 Å². The zero-order valence-electron chi connectivity index (χ0n) is 15.8. The Labute approximate surface area is 186 Å². The van der Waals surface area contributed by atoms with Crippen molar-refractivity contribution in [2.75, 3.05) is 4.90 Å². The van der Waals surface area contributed by atoms with Crippen LogP contribution in [-0.4, -0.2) is 40.9 Å². The van der Waals surface area contributed by atoms with E-state index in [1.165, 1.54) is 53.7 Å². The van der Waals surface area contributed by atoms with Gasteiger partial charge >= 0.3 is 0 Å². The van der Waals surface area contributed by atoms with Crippen molar-refractivity contribution in [2.45, 2.75) is 12.1 Å². The zero-order valence-corrected chi connectivity index (χ0v) is 17.3. The molecule has 3 aliphatic heterocycles. The number of allylic oxidation sites excluding steroid dienone is 1. The minimum absolute atomic E-state index is 0.157. The summed E-state index contributed by atoms with van der Waals surface area (Å²) in [5, 5.41) is 6.30. The SMILES string of the molecule is O=C(c1ccc(F)cc1)C1C2C(=O)N(c3ccc(Cl)cc3Cl)C(=O)C2C2C=CC=NN21. The summed E-state index contributed by atoms with van der Waals surface area (Å²) in [7, 11) is 0. The van der Waals surface area contributed by atoms with Crippen molar-refractivity contribution in [1.82, 2.24) is 5.01 Å². The number of hydrazone groups is 1. The fourth-order valence-electron chi connectivity index (χ4n) is 4.52. The maximum Gasteiger partial charge on any atom is 0.240 e. The second-order valence-corrected chi connectivity index (χ2v) is 8.34. The summed E-state index contributed by atoms with van der Waals surface area (Å²) in [6.45, 7) is 0. The fraction of sp³-hybridized carbons (Fsp3) is 0.182. The standard InChI is InChI=1S/C22H14Cl2FN3O3/c23-12-5-8-15(14(24)10-12)27-21(30)17-16-2-1-9-26-28(16)19(18(17)22(27)31)20(29)11-3-6-13(25)7-4-11/h1-10,16-19H. The molecule has 2 saturated heterocycles. The summed E-state index contributed by atoms with van der Waals surface area (Å²) in [6, 6.07) is 8.00. The first-order valence-electron chi connectivity index (χ1n) is 9.50. The number of fused-ring (bicyclic) bond motifs is 3.